The molecule has 0 saturated heterocycles. The zero-order valence-corrected chi connectivity index (χ0v) is 15.1. The number of unbranched alkanes of at least 4 members (excludes halogenated alkanes) is 3. The molecule has 136 valence electrons. The number of fused-ring (bicyclic) bond motifs is 1. The second kappa shape index (κ2) is 8.47. The van der Waals surface area contributed by atoms with Crippen molar-refractivity contribution in [3.8, 4) is 0 Å². The van der Waals surface area contributed by atoms with Crippen molar-refractivity contribution < 1.29 is 4.79 Å². The van der Waals surface area contributed by atoms with Crippen molar-refractivity contribution in [2.75, 3.05) is 5.32 Å². The predicted octanol–water partition coefficient (Wildman–Crippen LogP) is 4.11. The maximum Gasteiger partial charge on any atom is 0.250 e. The summed E-state index contributed by atoms with van der Waals surface area (Å²) < 4.78 is 1.90. The van der Waals surface area contributed by atoms with E-state index in [1.54, 1.807) is 6.07 Å². The zero-order valence-electron chi connectivity index (χ0n) is 15.1. The fraction of sp³-hybridized carbons (Fsp3) is 0.350. The normalized spacial score (nSPS) is 12.2. The Morgan fingerprint density at radius 1 is 1.12 bits per heavy atom. The molecule has 1 aromatic heterocycles. The fourth-order valence-electron chi connectivity index (χ4n) is 3.14. The van der Waals surface area contributed by atoms with Gasteiger partial charge in [0.15, 0.2) is 0 Å². The first-order valence-corrected chi connectivity index (χ1v) is 9.16. The van der Waals surface area contributed by atoms with Crippen LogP contribution >= 0.6 is 0 Å². The first kappa shape index (κ1) is 17.9. The maximum absolute atomic E-state index is 11.7. The molecule has 0 fully saturated rings. The summed E-state index contributed by atoms with van der Waals surface area (Å²) in [5, 5.41) is 12.1. The third-order valence-corrected chi connectivity index (χ3v) is 4.52. The van der Waals surface area contributed by atoms with Crippen molar-refractivity contribution in [2.45, 2.75) is 45.2 Å². The van der Waals surface area contributed by atoms with Gasteiger partial charge in [0, 0.05) is 5.69 Å². The van der Waals surface area contributed by atoms with Crippen LogP contribution in [0.1, 0.15) is 55.6 Å². The minimum Gasteiger partial charge on any atom is -0.366 e. The Labute approximate surface area is 153 Å². The number of anilines is 1. The number of aromatic nitrogens is 3. The minimum atomic E-state index is -0.443. The highest BCUT2D eigenvalue weighted by atomic mass is 16.1. The maximum atomic E-state index is 11.7. The van der Waals surface area contributed by atoms with Crippen LogP contribution in [0.4, 0.5) is 5.69 Å². The average Bonchev–Trinajstić information content (AvgIpc) is 3.08. The van der Waals surface area contributed by atoms with Gasteiger partial charge in [-0.2, -0.15) is 0 Å². The molecule has 6 heteroatoms. The lowest BCUT2D eigenvalue weighted by Crippen LogP contribution is -2.22. The predicted molar refractivity (Wildman–Crippen MR) is 104 cm³/mol. The van der Waals surface area contributed by atoms with Crippen LogP contribution < -0.4 is 11.1 Å². The highest BCUT2D eigenvalue weighted by Gasteiger charge is 2.17. The van der Waals surface area contributed by atoms with E-state index in [2.05, 4.69) is 22.6 Å². The molecule has 1 heterocycles. The van der Waals surface area contributed by atoms with Crippen LogP contribution in [-0.4, -0.2) is 20.9 Å². The Balaban J connectivity index is 1.90. The number of rotatable bonds is 9. The molecule has 0 spiro atoms. The van der Waals surface area contributed by atoms with Crippen LogP contribution in [0, 0.1) is 0 Å². The number of nitrogens with two attached hydrogens (primary N) is 1. The van der Waals surface area contributed by atoms with Gasteiger partial charge in [-0.3, -0.25) is 4.79 Å². The second-order valence-corrected chi connectivity index (χ2v) is 6.44. The summed E-state index contributed by atoms with van der Waals surface area (Å²) in [6, 6.07) is 15.2. The molecule has 0 aliphatic carbocycles. The summed E-state index contributed by atoms with van der Waals surface area (Å²) in [4.78, 5) is 11.7. The van der Waals surface area contributed by atoms with Crippen molar-refractivity contribution in [1.82, 2.24) is 15.0 Å². The van der Waals surface area contributed by atoms with E-state index in [1.807, 2.05) is 47.1 Å². The zero-order chi connectivity index (χ0) is 18.4. The van der Waals surface area contributed by atoms with E-state index < -0.39 is 5.91 Å². The number of carbonyl (C=O) groups excluding carboxylic acids is 1. The van der Waals surface area contributed by atoms with Crippen molar-refractivity contribution in [3.05, 3.63) is 54.1 Å². The van der Waals surface area contributed by atoms with Crippen LogP contribution in [-0.2, 0) is 0 Å². The van der Waals surface area contributed by atoms with Gasteiger partial charge in [0.25, 0.3) is 5.91 Å². The number of para-hydroxylation sites is 2. The van der Waals surface area contributed by atoms with Gasteiger partial charge >= 0.3 is 0 Å². The van der Waals surface area contributed by atoms with Crippen LogP contribution in [0.3, 0.4) is 0 Å². The Hall–Kier alpha value is -2.89. The topological polar surface area (TPSA) is 85.8 Å². The lowest BCUT2D eigenvalue weighted by molar-refractivity contribution is 0.100. The summed E-state index contributed by atoms with van der Waals surface area (Å²) in [6.45, 7) is 2.20. The summed E-state index contributed by atoms with van der Waals surface area (Å²) in [5.41, 5.74) is 8.56. The summed E-state index contributed by atoms with van der Waals surface area (Å²) >= 11 is 0. The number of nitrogens with one attached hydrogen (secondary N) is 1. The number of hydrogen-bond donors (Lipinski definition) is 2. The SMILES string of the molecule is CCCCCCC(Nc1ccccc1C(N)=O)n1nnc2ccccc21. The molecule has 0 saturated carbocycles. The Bertz CT molecular complexity index is 873. The highest BCUT2D eigenvalue weighted by Crippen LogP contribution is 2.25. The molecule has 6 nitrogen and oxygen atoms in total. The Kier molecular flexibility index (Phi) is 5.84. The van der Waals surface area contributed by atoms with Crippen LogP contribution in [0.2, 0.25) is 0 Å². The molecule has 0 aliphatic heterocycles. The molecule has 26 heavy (non-hydrogen) atoms. The standard InChI is InChI=1S/C20H25N5O/c1-2-3-4-5-14-19(22-16-11-7-6-10-15(16)20(21)26)25-18-13-9-8-12-17(18)23-24-25/h6-13,19,22H,2-5,14H2,1H3,(H2,21,26). The van der Waals surface area contributed by atoms with Gasteiger partial charge in [-0.25, -0.2) is 4.68 Å². The van der Waals surface area contributed by atoms with Gasteiger partial charge in [-0.15, -0.1) is 5.10 Å². The van der Waals surface area contributed by atoms with Crippen LogP contribution in [0.15, 0.2) is 48.5 Å². The van der Waals surface area contributed by atoms with E-state index in [0.717, 1.165) is 29.6 Å². The lowest BCUT2D eigenvalue weighted by Gasteiger charge is -2.22. The monoisotopic (exact) mass is 351 g/mol. The highest BCUT2D eigenvalue weighted by molar-refractivity contribution is 5.98. The van der Waals surface area contributed by atoms with E-state index in [-0.39, 0.29) is 6.17 Å². The third-order valence-electron chi connectivity index (χ3n) is 4.52. The molecule has 0 radical (unpaired) electrons. The van der Waals surface area contributed by atoms with Crippen molar-refractivity contribution >= 4 is 22.6 Å². The average molecular weight is 351 g/mol. The molecule has 1 atom stereocenters. The van der Waals surface area contributed by atoms with E-state index in [0.29, 0.717) is 5.56 Å². The smallest absolute Gasteiger partial charge is 0.250 e. The van der Waals surface area contributed by atoms with Gasteiger partial charge in [0.1, 0.15) is 11.7 Å². The molecule has 3 aromatic rings. The molecule has 1 amide bonds. The summed E-state index contributed by atoms with van der Waals surface area (Å²) in [7, 11) is 0. The quantitative estimate of drug-likeness (QED) is 0.568. The molecule has 2 aromatic carbocycles. The van der Waals surface area contributed by atoms with Crippen LogP contribution in [0.5, 0.6) is 0 Å². The number of hydrogen-bond acceptors (Lipinski definition) is 4. The largest absolute Gasteiger partial charge is 0.366 e. The Morgan fingerprint density at radius 2 is 1.88 bits per heavy atom. The third kappa shape index (κ3) is 4.02. The molecule has 0 aliphatic rings. The lowest BCUT2D eigenvalue weighted by atomic mass is 10.1. The van der Waals surface area contributed by atoms with E-state index in [9.17, 15) is 4.79 Å². The molecular weight excluding hydrogens is 326 g/mol. The summed E-state index contributed by atoms with van der Waals surface area (Å²) in [6.07, 6.45) is 5.43. The number of amides is 1. The van der Waals surface area contributed by atoms with Gasteiger partial charge < -0.3 is 11.1 Å². The molecule has 1 unspecified atom stereocenters. The van der Waals surface area contributed by atoms with Gasteiger partial charge in [-0.05, 0) is 37.1 Å². The first-order chi connectivity index (χ1) is 12.7. The van der Waals surface area contributed by atoms with E-state index in [4.69, 9.17) is 5.73 Å². The van der Waals surface area contributed by atoms with Crippen molar-refractivity contribution in [3.63, 3.8) is 0 Å². The summed E-state index contributed by atoms with van der Waals surface area (Å²) in [5.74, 6) is -0.443. The number of benzene rings is 2. The van der Waals surface area contributed by atoms with Crippen molar-refractivity contribution in [2.24, 2.45) is 5.73 Å². The van der Waals surface area contributed by atoms with Crippen molar-refractivity contribution in [1.29, 1.82) is 0 Å². The van der Waals surface area contributed by atoms with E-state index >= 15 is 0 Å². The molecule has 3 rings (SSSR count). The van der Waals surface area contributed by atoms with Gasteiger partial charge in [0.05, 0.1) is 11.1 Å². The Morgan fingerprint density at radius 3 is 2.69 bits per heavy atom. The van der Waals surface area contributed by atoms with E-state index in [1.165, 1.54) is 19.3 Å². The number of carbonyl (C=O) groups is 1. The minimum absolute atomic E-state index is 0.0974. The fourth-order valence-corrected chi connectivity index (χ4v) is 3.14. The molecule has 3 N–H and O–H groups in total. The molecular formula is C20H25N5O. The molecule has 0 bridgehead atoms. The van der Waals surface area contributed by atoms with Crippen LogP contribution in [0.25, 0.3) is 11.0 Å². The number of nitrogens with zero attached hydrogens (tertiary/aromatic N) is 3. The van der Waals surface area contributed by atoms with Gasteiger partial charge in [0.2, 0.25) is 0 Å². The number of primary amides is 1. The first-order valence-electron chi connectivity index (χ1n) is 9.16. The second-order valence-electron chi connectivity index (χ2n) is 6.44. The van der Waals surface area contributed by atoms with Gasteiger partial charge in [-0.1, -0.05) is 55.7 Å².